The molecule has 10 heteroatoms. The Hall–Kier alpha value is -3.58. The quantitative estimate of drug-likeness (QED) is 0.236. The molecule has 0 spiro atoms. The summed E-state index contributed by atoms with van der Waals surface area (Å²) in [4.78, 5) is 16.3. The molecular weight excluding hydrogens is 469 g/mol. The Kier molecular flexibility index (Phi) is 11.6. The number of ether oxygens (including phenoxy) is 1. The van der Waals surface area contributed by atoms with E-state index in [0.29, 0.717) is 12.7 Å². The number of ketones is 1. The van der Waals surface area contributed by atoms with Gasteiger partial charge in [-0.25, -0.2) is 8.42 Å². The number of alkyl halides is 3. The van der Waals surface area contributed by atoms with Gasteiger partial charge in [0, 0.05) is 29.6 Å². The Morgan fingerprint density at radius 2 is 1.88 bits per heavy atom. The van der Waals surface area contributed by atoms with Crippen LogP contribution in [-0.4, -0.2) is 31.5 Å². The molecule has 6 nitrogen and oxygen atoms in total. The Morgan fingerprint density at radius 1 is 1.21 bits per heavy atom. The molecule has 0 radical (unpaired) electrons. The fraction of sp³-hybridized carbons (Fsp3) is 0.250. The minimum Gasteiger partial charge on any atom is -0.501 e. The number of hydrogen-bond donors (Lipinski definition) is 1. The van der Waals surface area contributed by atoms with E-state index < -0.39 is 33.1 Å². The zero-order chi connectivity index (χ0) is 25.6. The average molecular weight is 495 g/mol. The first-order chi connectivity index (χ1) is 16.1. The van der Waals surface area contributed by atoms with E-state index in [9.17, 15) is 26.4 Å². The summed E-state index contributed by atoms with van der Waals surface area (Å²) < 4.78 is 70.1. The molecule has 0 fully saturated rings. The summed E-state index contributed by atoms with van der Waals surface area (Å²) in [5.41, 5.74) is -1.57. The van der Waals surface area contributed by atoms with Gasteiger partial charge in [0.25, 0.3) is 0 Å². The van der Waals surface area contributed by atoms with Crippen LogP contribution in [0.3, 0.4) is 0 Å². The summed E-state index contributed by atoms with van der Waals surface area (Å²) in [5, 5.41) is 0. The second-order valence-corrected chi connectivity index (χ2v) is 8.20. The van der Waals surface area contributed by atoms with Crippen molar-refractivity contribution in [1.82, 2.24) is 4.98 Å². The monoisotopic (exact) mass is 494 g/mol. The number of sulfonamides is 1. The zero-order valence-corrected chi connectivity index (χ0v) is 19.7. The number of carbonyl (C=O) groups is 1. The summed E-state index contributed by atoms with van der Waals surface area (Å²) >= 11 is 0. The number of pyridine rings is 1. The highest BCUT2D eigenvalue weighted by Crippen LogP contribution is 2.33. The van der Waals surface area contributed by atoms with Crippen LogP contribution in [0.4, 0.5) is 18.9 Å². The van der Waals surface area contributed by atoms with Crippen molar-refractivity contribution in [3.8, 4) is 11.8 Å². The number of anilines is 1. The highest BCUT2D eigenvalue weighted by Gasteiger charge is 2.32. The van der Waals surface area contributed by atoms with Crippen LogP contribution < -0.4 is 4.72 Å². The predicted molar refractivity (Wildman–Crippen MR) is 126 cm³/mol. The summed E-state index contributed by atoms with van der Waals surface area (Å²) in [6.07, 6.45) is 4.13. The molecule has 1 heterocycles. The van der Waals surface area contributed by atoms with Crippen molar-refractivity contribution in [2.45, 2.75) is 26.9 Å². The van der Waals surface area contributed by atoms with Crippen LogP contribution in [0.25, 0.3) is 0 Å². The Morgan fingerprint density at radius 3 is 2.44 bits per heavy atom. The molecule has 0 aliphatic carbocycles. The first-order valence-electron chi connectivity index (χ1n) is 10.0. The number of rotatable bonds is 8. The van der Waals surface area contributed by atoms with Gasteiger partial charge in [0.05, 0.1) is 29.9 Å². The molecule has 34 heavy (non-hydrogen) atoms. The summed E-state index contributed by atoms with van der Waals surface area (Å²) in [5.74, 6) is 4.32. The van der Waals surface area contributed by atoms with Gasteiger partial charge in [-0.3, -0.25) is 14.5 Å². The van der Waals surface area contributed by atoms with Crippen molar-refractivity contribution in [1.29, 1.82) is 0 Å². The third kappa shape index (κ3) is 9.92. The number of halogens is 3. The van der Waals surface area contributed by atoms with E-state index in [2.05, 4.69) is 21.5 Å². The summed E-state index contributed by atoms with van der Waals surface area (Å²) in [6.45, 7) is 6.06. The van der Waals surface area contributed by atoms with E-state index in [1.165, 1.54) is 36.7 Å². The molecule has 2 aromatic rings. The molecular formula is C24H25F3N2O4S. The van der Waals surface area contributed by atoms with Crippen LogP contribution >= 0.6 is 0 Å². The third-order valence-corrected chi connectivity index (χ3v) is 5.07. The molecule has 0 unspecified atom stereocenters. The maximum Gasteiger partial charge on any atom is 0.416 e. The number of benzene rings is 1. The number of nitrogens with one attached hydrogen (secondary N) is 1. The van der Waals surface area contributed by atoms with Crippen LogP contribution in [0.15, 0.2) is 67.2 Å². The van der Waals surface area contributed by atoms with Gasteiger partial charge in [0.2, 0.25) is 10.0 Å². The first-order valence-corrected chi connectivity index (χ1v) is 11.7. The maximum absolute atomic E-state index is 13.0. The molecule has 0 saturated carbocycles. The van der Waals surface area contributed by atoms with E-state index in [1.54, 1.807) is 26.2 Å². The molecule has 0 aliphatic rings. The van der Waals surface area contributed by atoms with Gasteiger partial charge in [-0.15, -0.1) is 5.92 Å². The molecule has 1 N–H and O–H groups in total. The van der Waals surface area contributed by atoms with Crippen molar-refractivity contribution in [3.05, 3.63) is 83.9 Å². The first kappa shape index (κ1) is 28.5. The van der Waals surface area contributed by atoms with Gasteiger partial charge in [0.1, 0.15) is 0 Å². The Bertz CT molecular complexity index is 1160. The lowest BCUT2D eigenvalue weighted by Gasteiger charge is -2.14. The molecule has 0 amide bonds. The van der Waals surface area contributed by atoms with Crippen LogP contribution in [-0.2, 0) is 20.9 Å². The largest absolute Gasteiger partial charge is 0.501 e. The number of allylic oxidation sites excluding steroid dienone is 2. The fourth-order valence-electron chi connectivity index (χ4n) is 2.35. The van der Waals surface area contributed by atoms with Gasteiger partial charge in [-0.05, 0) is 51.1 Å². The molecule has 0 saturated heterocycles. The summed E-state index contributed by atoms with van der Waals surface area (Å²) in [7, 11) is -3.87. The molecule has 1 aromatic heterocycles. The molecule has 1 aromatic carbocycles. The zero-order valence-electron chi connectivity index (χ0n) is 18.9. The molecule has 0 aliphatic heterocycles. The van der Waals surface area contributed by atoms with Gasteiger partial charge in [-0.2, -0.15) is 13.2 Å². The number of nitrogens with zero attached hydrogens (tertiary/aromatic N) is 1. The van der Waals surface area contributed by atoms with Gasteiger partial charge >= 0.3 is 6.18 Å². The van der Waals surface area contributed by atoms with E-state index in [-0.39, 0.29) is 17.0 Å². The standard InChI is InChI=1S/C17H15F3N2O3S.C7H10O/c1-2-3-10-26(24,25)22-15-5-4-13(17(18,19)20)11-14(15)16(23)12-6-8-21-9-7-12;1-3-5-6-7-8-4-2/h2-9,11,22H,10H2,1H3;6-7H,4H2,1-2H3/b3-2-;7-6+. The second kappa shape index (κ2) is 13.9. The smallest absolute Gasteiger partial charge is 0.416 e. The molecule has 0 atom stereocenters. The van der Waals surface area contributed by atoms with Crippen molar-refractivity contribution >= 4 is 21.5 Å². The van der Waals surface area contributed by atoms with Crippen molar-refractivity contribution < 1.29 is 31.1 Å². The predicted octanol–water partition coefficient (Wildman–Crippen LogP) is 5.21. The third-order valence-electron chi connectivity index (χ3n) is 3.91. The average Bonchev–Trinajstić information content (AvgIpc) is 2.80. The fourth-order valence-corrected chi connectivity index (χ4v) is 3.39. The lowest BCUT2D eigenvalue weighted by atomic mass is 10.00. The second-order valence-electron chi connectivity index (χ2n) is 6.43. The van der Waals surface area contributed by atoms with Crippen molar-refractivity contribution in [2.24, 2.45) is 0 Å². The highest BCUT2D eigenvalue weighted by atomic mass is 32.2. The van der Waals surface area contributed by atoms with Crippen molar-refractivity contribution in [3.63, 3.8) is 0 Å². The highest BCUT2D eigenvalue weighted by molar-refractivity contribution is 7.92. The summed E-state index contributed by atoms with van der Waals surface area (Å²) in [6, 6.07) is 4.96. The Labute approximate surface area is 197 Å². The number of hydrogen-bond acceptors (Lipinski definition) is 5. The minimum atomic E-state index is -4.67. The van der Waals surface area contributed by atoms with E-state index in [1.807, 2.05) is 6.92 Å². The van der Waals surface area contributed by atoms with Crippen LogP contribution in [0.5, 0.6) is 0 Å². The minimum absolute atomic E-state index is 0.0910. The molecule has 0 bridgehead atoms. The topological polar surface area (TPSA) is 85.4 Å². The van der Waals surface area contributed by atoms with E-state index in [0.717, 1.165) is 12.1 Å². The SMILES string of the molecule is C/C=C\CS(=O)(=O)Nc1ccc(C(F)(F)F)cc1C(=O)c1ccncc1.CC#C/C=C/OCC. The maximum atomic E-state index is 13.0. The lowest BCUT2D eigenvalue weighted by molar-refractivity contribution is -0.137. The van der Waals surface area contributed by atoms with E-state index in [4.69, 9.17) is 4.74 Å². The number of aromatic nitrogens is 1. The number of carbonyl (C=O) groups excluding carboxylic acids is 1. The van der Waals surface area contributed by atoms with Gasteiger partial charge in [0.15, 0.2) is 5.78 Å². The van der Waals surface area contributed by atoms with Gasteiger partial charge < -0.3 is 4.74 Å². The van der Waals surface area contributed by atoms with Crippen molar-refractivity contribution in [2.75, 3.05) is 17.1 Å². The Balaban J connectivity index is 0.000000620. The normalized spacial score (nSPS) is 11.4. The van der Waals surface area contributed by atoms with Crippen LogP contribution in [0, 0.1) is 11.8 Å². The van der Waals surface area contributed by atoms with Crippen LogP contribution in [0.2, 0.25) is 0 Å². The molecule has 182 valence electrons. The van der Waals surface area contributed by atoms with Gasteiger partial charge in [-0.1, -0.05) is 18.1 Å². The van der Waals surface area contributed by atoms with Crippen LogP contribution in [0.1, 0.15) is 42.3 Å². The van der Waals surface area contributed by atoms with E-state index >= 15 is 0 Å². The lowest BCUT2D eigenvalue weighted by Crippen LogP contribution is -2.19. The molecule has 2 rings (SSSR count).